The van der Waals surface area contributed by atoms with Gasteiger partial charge in [-0.15, -0.1) is 10.2 Å². The van der Waals surface area contributed by atoms with Gasteiger partial charge < -0.3 is 14.5 Å². The molecule has 4 rings (SSSR count). The van der Waals surface area contributed by atoms with Crippen molar-refractivity contribution in [1.82, 2.24) is 10.2 Å². The lowest BCUT2D eigenvalue weighted by atomic mass is 10.1. The number of nitrogens with zero attached hydrogens (tertiary/aromatic N) is 2. The number of nitrogens with one attached hydrogen (secondary N) is 1. The van der Waals surface area contributed by atoms with E-state index < -0.39 is 0 Å². The molecule has 1 heterocycles. The van der Waals surface area contributed by atoms with Crippen LogP contribution < -0.4 is 10.1 Å². The first-order valence-electron chi connectivity index (χ1n) is 9.78. The first-order chi connectivity index (χ1) is 15.0. The molecule has 0 aliphatic carbocycles. The van der Waals surface area contributed by atoms with Crippen LogP contribution in [-0.4, -0.2) is 16.1 Å². The fourth-order valence-electron chi connectivity index (χ4n) is 2.86. The van der Waals surface area contributed by atoms with Crippen molar-refractivity contribution < 1.29 is 13.9 Å². The molecule has 0 unspecified atom stereocenters. The van der Waals surface area contributed by atoms with E-state index in [-0.39, 0.29) is 12.3 Å². The van der Waals surface area contributed by atoms with Gasteiger partial charge in [0.25, 0.3) is 0 Å². The minimum atomic E-state index is -0.128. The number of aromatic nitrogens is 2. The number of rotatable bonds is 7. The summed E-state index contributed by atoms with van der Waals surface area (Å²) in [5.41, 5.74) is 2.71. The zero-order valence-corrected chi connectivity index (χ0v) is 18.4. The minimum absolute atomic E-state index is 0.128. The third-order valence-electron chi connectivity index (χ3n) is 4.52. The average molecular weight is 478 g/mol. The predicted molar refractivity (Wildman–Crippen MR) is 122 cm³/mol. The molecule has 31 heavy (non-hydrogen) atoms. The van der Waals surface area contributed by atoms with Crippen LogP contribution in [-0.2, 0) is 11.2 Å². The van der Waals surface area contributed by atoms with E-state index in [2.05, 4.69) is 31.4 Å². The molecule has 6 nitrogen and oxygen atoms in total. The first kappa shape index (κ1) is 20.8. The number of halogens is 1. The summed E-state index contributed by atoms with van der Waals surface area (Å²) in [6.45, 7) is 2.02. The first-order valence-corrected chi connectivity index (χ1v) is 10.6. The normalized spacial score (nSPS) is 10.6. The van der Waals surface area contributed by atoms with Crippen molar-refractivity contribution in [1.29, 1.82) is 0 Å². The van der Waals surface area contributed by atoms with E-state index in [4.69, 9.17) is 9.15 Å². The predicted octanol–water partition coefficient (Wildman–Crippen LogP) is 6.17. The molecule has 0 fully saturated rings. The molecule has 3 aromatic carbocycles. The summed E-state index contributed by atoms with van der Waals surface area (Å²) in [6.07, 6.45) is 0.613. The highest BCUT2D eigenvalue weighted by Gasteiger charge is 2.11. The van der Waals surface area contributed by atoms with Gasteiger partial charge in [-0.1, -0.05) is 33.6 Å². The summed E-state index contributed by atoms with van der Waals surface area (Å²) < 4.78 is 12.4. The van der Waals surface area contributed by atoms with Crippen molar-refractivity contribution in [2.75, 3.05) is 5.32 Å². The summed E-state index contributed by atoms with van der Waals surface area (Å²) in [4.78, 5) is 12.3. The van der Waals surface area contributed by atoms with Crippen LogP contribution in [0.3, 0.4) is 0 Å². The Kier molecular flexibility index (Phi) is 6.43. The Bertz CT molecular complexity index is 1150. The molecule has 0 saturated carbocycles. The van der Waals surface area contributed by atoms with Crippen molar-refractivity contribution in [3.63, 3.8) is 0 Å². The number of carbonyl (C=O) groups excluding carboxylic acids is 1. The minimum Gasteiger partial charge on any atom is -0.457 e. The van der Waals surface area contributed by atoms with Gasteiger partial charge in [0, 0.05) is 28.6 Å². The van der Waals surface area contributed by atoms with Crippen LogP contribution >= 0.6 is 15.9 Å². The largest absolute Gasteiger partial charge is 0.457 e. The Labute approximate surface area is 188 Å². The molecule has 0 aliphatic rings. The lowest BCUT2D eigenvalue weighted by Crippen LogP contribution is -2.12. The fourth-order valence-corrected chi connectivity index (χ4v) is 3.12. The third kappa shape index (κ3) is 5.79. The Hall–Kier alpha value is -3.45. The lowest BCUT2D eigenvalue weighted by Gasteiger charge is -2.08. The van der Waals surface area contributed by atoms with E-state index >= 15 is 0 Å². The molecule has 0 aliphatic heterocycles. The Morgan fingerprint density at radius 2 is 1.58 bits per heavy atom. The van der Waals surface area contributed by atoms with Crippen molar-refractivity contribution in [2.45, 2.75) is 19.8 Å². The SMILES string of the molecule is Cc1ccc(-c2nnc(CCC(=O)Nc3ccc(Oc4ccc(Br)cc4)cc3)o2)cc1. The Morgan fingerprint density at radius 1 is 0.935 bits per heavy atom. The summed E-state index contributed by atoms with van der Waals surface area (Å²) >= 11 is 3.40. The van der Waals surface area contributed by atoms with Gasteiger partial charge in [0.05, 0.1) is 0 Å². The zero-order chi connectivity index (χ0) is 21.6. The maximum atomic E-state index is 12.3. The summed E-state index contributed by atoms with van der Waals surface area (Å²) in [5.74, 6) is 2.19. The van der Waals surface area contributed by atoms with Crippen LogP contribution in [0.5, 0.6) is 11.5 Å². The van der Waals surface area contributed by atoms with Gasteiger partial charge in [-0.2, -0.15) is 0 Å². The highest BCUT2D eigenvalue weighted by Crippen LogP contribution is 2.24. The number of hydrogen-bond donors (Lipinski definition) is 1. The van der Waals surface area contributed by atoms with Gasteiger partial charge in [-0.3, -0.25) is 4.79 Å². The molecular weight excluding hydrogens is 458 g/mol. The van der Waals surface area contributed by atoms with Crippen molar-refractivity contribution in [3.8, 4) is 23.0 Å². The van der Waals surface area contributed by atoms with Crippen molar-refractivity contribution in [3.05, 3.63) is 88.7 Å². The number of hydrogen-bond acceptors (Lipinski definition) is 5. The number of aryl methyl sites for hydroxylation is 2. The van der Waals surface area contributed by atoms with E-state index in [1.54, 1.807) is 12.1 Å². The van der Waals surface area contributed by atoms with Gasteiger partial charge in [-0.05, 0) is 67.6 Å². The summed E-state index contributed by atoms with van der Waals surface area (Å²) in [7, 11) is 0. The maximum Gasteiger partial charge on any atom is 0.247 e. The van der Waals surface area contributed by atoms with Gasteiger partial charge in [0.1, 0.15) is 11.5 Å². The lowest BCUT2D eigenvalue weighted by molar-refractivity contribution is -0.116. The highest BCUT2D eigenvalue weighted by molar-refractivity contribution is 9.10. The molecule has 1 aromatic heterocycles. The molecule has 0 atom stereocenters. The molecule has 0 saturated heterocycles. The highest BCUT2D eigenvalue weighted by atomic mass is 79.9. The van der Waals surface area contributed by atoms with E-state index in [1.807, 2.05) is 67.6 Å². The van der Waals surface area contributed by atoms with Gasteiger partial charge >= 0.3 is 0 Å². The van der Waals surface area contributed by atoms with Crippen molar-refractivity contribution >= 4 is 27.5 Å². The smallest absolute Gasteiger partial charge is 0.247 e. The van der Waals surface area contributed by atoms with Crippen LogP contribution in [0.2, 0.25) is 0 Å². The Morgan fingerprint density at radius 3 is 2.26 bits per heavy atom. The quantitative estimate of drug-likeness (QED) is 0.344. The van der Waals surface area contributed by atoms with Crippen LogP contribution in [0.4, 0.5) is 5.69 Å². The summed E-state index contributed by atoms with van der Waals surface area (Å²) in [6, 6.07) is 22.6. The summed E-state index contributed by atoms with van der Waals surface area (Å²) in [5, 5.41) is 11.0. The maximum absolute atomic E-state index is 12.3. The van der Waals surface area contributed by atoms with Crippen molar-refractivity contribution in [2.24, 2.45) is 0 Å². The van der Waals surface area contributed by atoms with Gasteiger partial charge in [0.2, 0.25) is 17.7 Å². The van der Waals surface area contributed by atoms with E-state index in [9.17, 15) is 4.79 Å². The monoisotopic (exact) mass is 477 g/mol. The Balaban J connectivity index is 1.28. The molecule has 0 bridgehead atoms. The van der Waals surface area contributed by atoms with E-state index in [1.165, 1.54) is 0 Å². The molecule has 7 heteroatoms. The van der Waals surface area contributed by atoms with Crippen LogP contribution in [0.25, 0.3) is 11.5 Å². The van der Waals surface area contributed by atoms with Gasteiger partial charge in [0.15, 0.2) is 0 Å². The zero-order valence-electron chi connectivity index (χ0n) is 16.8. The average Bonchev–Trinajstić information content (AvgIpc) is 3.25. The van der Waals surface area contributed by atoms with E-state index in [0.29, 0.717) is 29.6 Å². The molecular formula is C24H20BrN3O3. The van der Waals surface area contributed by atoms with E-state index in [0.717, 1.165) is 21.3 Å². The standard InChI is InChI=1S/C24H20BrN3O3/c1-16-2-4-17(5-3-16)24-28-27-23(31-24)15-14-22(29)26-19-8-12-21(13-9-19)30-20-10-6-18(25)7-11-20/h2-13H,14-15H2,1H3,(H,26,29). The fraction of sp³-hybridized carbons (Fsp3) is 0.125. The van der Waals surface area contributed by atoms with Crippen LogP contribution in [0.1, 0.15) is 17.9 Å². The third-order valence-corrected chi connectivity index (χ3v) is 5.05. The molecule has 4 aromatic rings. The number of benzene rings is 3. The van der Waals surface area contributed by atoms with Crippen LogP contribution in [0, 0.1) is 6.92 Å². The second-order valence-electron chi connectivity index (χ2n) is 7.00. The second kappa shape index (κ2) is 9.57. The number of amides is 1. The molecule has 0 spiro atoms. The molecule has 156 valence electrons. The van der Waals surface area contributed by atoms with Gasteiger partial charge in [-0.25, -0.2) is 0 Å². The molecule has 1 amide bonds. The molecule has 1 N–H and O–H groups in total. The number of ether oxygens (including phenoxy) is 1. The van der Waals surface area contributed by atoms with Crippen LogP contribution in [0.15, 0.2) is 81.7 Å². The second-order valence-corrected chi connectivity index (χ2v) is 7.91. The molecule has 0 radical (unpaired) electrons. The number of carbonyl (C=O) groups is 1. The topological polar surface area (TPSA) is 77.2 Å². The number of anilines is 1.